The van der Waals surface area contributed by atoms with Crippen LogP contribution in [0.25, 0.3) is 0 Å². The molecular weight excluding hydrogens is 256 g/mol. The van der Waals surface area contributed by atoms with Gasteiger partial charge in [0.25, 0.3) is 5.91 Å². The summed E-state index contributed by atoms with van der Waals surface area (Å²) in [4.78, 5) is 22.3. The Morgan fingerprint density at radius 3 is 2.65 bits per heavy atom. The van der Waals surface area contributed by atoms with Crippen LogP contribution in [0, 0.1) is 0 Å². The van der Waals surface area contributed by atoms with E-state index in [1.54, 1.807) is 18.1 Å². The molecule has 2 rings (SSSR count). The van der Waals surface area contributed by atoms with Gasteiger partial charge in [-0.05, 0) is 0 Å². The second-order valence-corrected chi connectivity index (χ2v) is 5.87. The van der Waals surface area contributed by atoms with E-state index in [4.69, 9.17) is 0 Å². The van der Waals surface area contributed by atoms with Gasteiger partial charge < -0.3 is 9.47 Å². The van der Waals surface area contributed by atoms with Crippen LogP contribution in [-0.2, 0) is 19.0 Å². The van der Waals surface area contributed by atoms with Crippen molar-refractivity contribution < 1.29 is 4.79 Å². The number of H-pyrrole nitrogens is 1. The number of aryl methyl sites for hydroxylation is 1. The standard InChI is InChI=1S/C13H20N6O/c1-13(2,3)12-15-10(16-17-12)11(20)19(5)8-9-14-6-7-18(9)4/h6-7H,8H2,1-5H3,(H,15,16,17). The molecule has 1 N–H and O–H groups in total. The number of aromatic amines is 1. The van der Waals surface area contributed by atoms with E-state index < -0.39 is 0 Å². The minimum Gasteiger partial charge on any atom is -0.337 e. The highest BCUT2D eigenvalue weighted by Crippen LogP contribution is 2.17. The van der Waals surface area contributed by atoms with Gasteiger partial charge in [-0.15, -0.1) is 5.10 Å². The molecule has 7 heteroatoms. The molecule has 2 aromatic heterocycles. The van der Waals surface area contributed by atoms with Gasteiger partial charge in [0.05, 0.1) is 6.54 Å². The smallest absolute Gasteiger partial charge is 0.293 e. The van der Waals surface area contributed by atoms with Gasteiger partial charge >= 0.3 is 0 Å². The van der Waals surface area contributed by atoms with E-state index in [1.807, 2.05) is 38.6 Å². The van der Waals surface area contributed by atoms with Crippen LogP contribution in [0.5, 0.6) is 0 Å². The van der Waals surface area contributed by atoms with Crippen LogP contribution in [0.1, 0.15) is 43.0 Å². The molecule has 0 aliphatic heterocycles. The molecule has 0 atom stereocenters. The fourth-order valence-electron chi connectivity index (χ4n) is 1.70. The Labute approximate surface area is 118 Å². The number of carbonyl (C=O) groups excluding carboxylic acids is 1. The minimum absolute atomic E-state index is 0.163. The van der Waals surface area contributed by atoms with E-state index in [0.717, 1.165) is 5.82 Å². The first-order valence-corrected chi connectivity index (χ1v) is 6.43. The average Bonchev–Trinajstić information content (AvgIpc) is 2.97. The average molecular weight is 276 g/mol. The zero-order chi connectivity index (χ0) is 14.9. The molecular formula is C13H20N6O. The molecule has 20 heavy (non-hydrogen) atoms. The summed E-state index contributed by atoms with van der Waals surface area (Å²) in [6, 6.07) is 0. The number of carbonyl (C=O) groups is 1. The Balaban J connectivity index is 2.11. The third-order valence-corrected chi connectivity index (χ3v) is 3.03. The van der Waals surface area contributed by atoms with Crippen LogP contribution >= 0.6 is 0 Å². The number of nitrogens with one attached hydrogen (secondary N) is 1. The lowest BCUT2D eigenvalue weighted by atomic mass is 9.96. The molecule has 0 saturated carbocycles. The van der Waals surface area contributed by atoms with Gasteiger partial charge in [0.1, 0.15) is 11.6 Å². The van der Waals surface area contributed by atoms with Crippen molar-refractivity contribution >= 4 is 5.91 Å². The number of aromatic nitrogens is 5. The van der Waals surface area contributed by atoms with Crippen LogP contribution in [0.4, 0.5) is 0 Å². The normalized spacial score (nSPS) is 11.7. The molecule has 2 aromatic rings. The molecule has 0 aliphatic rings. The Morgan fingerprint density at radius 2 is 2.15 bits per heavy atom. The molecule has 0 bridgehead atoms. The maximum Gasteiger partial charge on any atom is 0.293 e. The van der Waals surface area contributed by atoms with E-state index in [2.05, 4.69) is 20.2 Å². The molecule has 0 aromatic carbocycles. The SMILES string of the molecule is CN(Cc1nccn1C)C(=O)c1n[nH]c(C(C)(C)C)n1. The van der Waals surface area contributed by atoms with Crippen molar-refractivity contribution in [2.45, 2.75) is 32.7 Å². The first-order chi connectivity index (χ1) is 9.29. The van der Waals surface area contributed by atoms with E-state index >= 15 is 0 Å². The summed E-state index contributed by atoms with van der Waals surface area (Å²) in [5, 5.41) is 6.82. The predicted molar refractivity (Wildman–Crippen MR) is 74.1 cm³/mol. The summed E-state index contributed by atoms with van der Waals surface area (Å²) >= 11 is 0. The summed E-state index contributed by atoms with van der Waals surface area (Å²) in [6.07, 6.45) is 3.55. The van der Waals surface area contributed by atoms with Gasteiger partial charge in [-0.3, -0.25) is 9.89 Å². The molecule has 108 valence electrons. The number of rotatable bonds is 3. The summed E-state index contributed by atoms with van der Waals surface area (Å²) in [5.74, 6) is 1.48. The molecule has 7 nitrogen and oxygen atoms in total. The second kappa shape index (κ2) is 5.07. The van der Waals surface area contributed by atoms with E-state index in [1.165, 1.54) is 0 Å². The summed E-state index contributed by atoms with van der Waals surface area (Å²) in [7, 11) is 3.61. The molecule has 0 saturated heterocycles. The topological polar surface area (TPSA) is 79.7 Å². The zero-order valence-electron chi connectivity index (χ0n) is 12.5. The minimum atomic E-state index is -0.222. The largest absolute Gasteiger partial charge is 0.337 e. The fraction of sp³-hybridized carbons (Fsp3) is 0.538. The second-order valence-electron chi connectivity index (χ2n) is 5.87. The van der Waals surface area contributed by atoms with Crippen molar-refractivity contribution in [1.82, 2.24) is 29.6 Å². The molecule has 0 radical (unpaired) electrons. The van der Waals surface area contributed by atoms with Crippen molar-refractivity contribution in [1.29, 1.82) is 0 Å². The molecule has 2 heterocycles. The van der Waals surface area contributed by atoms with Crippen LogP contribution in [-0.4, -0.2) is 42.6 Å². The Kier molecular flexibility index (Phi) is 3.61. The highest BCUT2D eigenvalue weighted by atomic mass is 16.2. The predicted octanol–water partition coefficient (Wildman–Crippen LogP) is 1.11. The molecule has 1 amide bonds. The summed E-state index contributed by atoms with van der Waals surface area (Å²) in [6.45, 7) is 6.46. The quantitative estimate of drug-likeness (QED) is 0.910. The molecule has 0 spiro atoms. The number of imidazole rings is 1. The summed E-state index contributed by atoms with van der Waals surface area (Å²) in [5.41, 5.74) is -0.163. The number of hydrogen-bond acceptors (Lipinski definition) is 4. The van der Waals surface area contributed by atoms with Crippen molar-refractivity contribution in [2.24, 2.45) is 7.05 Å². The highest BCUT2D eigenvalue weighted by Gasteiger charge is 2.23. The molecule has 0 unspecified atom stereocenters. The van der Waals surface area contributed by atoms with Crippen molar-refractivity contribution in [3.05, 3.63) is 29.9 Å². The van der Waals surface area contributed by atoms with Crippen molar-refractivity contribution in [3.8, 4) is 0 Å². The maximum absolute atomic E-state index is 12.3. The third-order valence-electron chi connectivity index (χ3n) is 3.03. The number of hydrogen-bond donors (Lipinski definition) is 1. The van der Waals surface area contributed by atoms with Gasteiger partial charge in [0, 0.05) is 31.9 Å². The lowest BCUT2D eigenvalue weighted by molar-refractivity contribution is 0.0768. The molecule has 0 aliphatic carbocycles. The lowest BCUT2D eigenvalue weighted by Crippen LogP contribution is -2.28. The Bertz CT molecular complexity index is 606. The zero-order valence-corrected chi connectivity index (χ0v) is 12.5. The first kappa shape index (κ1) is 14.2. The van der Waals surface area contributed by atoms with Gasteiger partial charge in [0.2, 0.25) is 5.82 Å². The Morgan fingerprint density at radius 1 is 1.45 bits per heavy atom. The van der Waals surface area contributed by atoms with Crippen LogP contribution in [0.3, 0.4) is 0 Å². The van der Waals surface area contributed by atoms with Gasteiger partial charge in [-0.2, -0.15) is 0 Å². The first-order valence-electron chi connectivity index (χ1n) is 6.43. The van der Waals surface area contributed by atoms with E-state index in [-0.39, 0.29) is 17.1 Å². The fourth-order valence-corrected chi connectivity index (χ4v) is 1.70. The third kappa shape index (κ3) is 2.87. The summed E-state index contributed by atoms with van der Waals surface area (Å²) < 4.78 is 1.88. The van der Waals surface area contributed by atoms with Crippen molar-refractivity contribution in [3.63, 3.8) is 0 Å². The number of nitrogens with zero attached hydrogens (tertiary/aromatic N) is 5. The monoisotopic (exact) mass is 276 g/mol. The Hall–Kier alpha value is -2.18. The van der Waals surface area contributed by atoms with Gasteiger partial charge in [-0.25, -0.2) is 9.97 Å². The van der Waals surface area contributed by atoms with Crippen LogP contribution < -0.4 is 0 Å². The van der Waals surface area contributed by atoms with E-state index in [9.17, 15) is 4.79 Å². The maximum atomic E-state index is 12.3. The van der Waals surface area contributed by atoms with Gasteiger partial charge in [-0.1, -0.05) is 20.8 Å². The lowest BCUT2D eigenvalue weighted by Gasteiger charge is -2.15. The van der Waals surface area contributed by atoms with E-state index in [0.29, 0.717) is 12.4 Å². The van der Waals surface area contributed by atoms with Crippen LogP contribution in [0.2, 0.25) is 0 Å². The van der Waals surface area contributed by atoms with Crippen molar-refractivity contribution in [2.75, 3.05) is 7.05 Å². The van der Waals surface area contributed by atoms with Crippen LogP contribution in [0.15, 0.2) is 12.4 Å². The molecule has 0 fully saturated rings. The van der Waals surface area contributed by atoms with Gasteiger partial charge in [0.15, 0.2) is 0 Å². The highest BCUT2D eigenvalue weighted by molar-refractivity contribution is 5.90. The number of amides is 1.